The lowest BCUT2D eigenvalue weighted by molar-refractivity contribution is -0.138. The highest BCUT2D eigenvalue weighted by Crippen LogP contribution is 2.25. The van der Waals surface area contributed by atoms with Gasteiger partial charge in [0.25, 0.3) is 0 Å². The molecule has 0 radical (unpaired) electrons. The van der Waals surface area contributed by atoms with Crippen LogP contribution in [0.3, 0.4) is 0 Å². The Bertz CT molecular complexity index is 2440. The van der Waals surface area contributed by atoms with Crippen molar-refractivity contribution in [1.29, 1.82) is 0 Å². The van der Waals surface area contributed by atoms with Crippen LogP contribution in [0.15, 0.2) is 126 Å². The third kappa shape index (κ3) is 13.8. The number of ether oxygens (including phenoxy) is 8. The number of nitrogens with zero attached hydrogens (tertiary/aromatic N) is 1. The lowest BCUT2D eigenvalue weighted by Crippen LogP contribution is -2.13. The molecule has 0 atom stereocenters. The molecule has 0 saturated heterocycles. The number of hydrogen-bond acceptors (Lipinski definition) is 17. The predicted molar refractivity (Wildman–Crippen MR) is 213 cm³/mol. The summed E-state index contributed by atoms with van der Waals surface area (Å²) in [7, 11) is 0. The van der Waals surface area contributed by atoms with Crippen LogP contribution < -0.4 is 24.6 Å². The number of hydrogen-bond donors (Lipinski definition) is 0. The topological polar surface area (TPSA) is 219 Å². The van der Waals surface area contributed by atoms with Gasteiger partial charge in [-0.05, 0) is 117 Å². The molecule has 0 amide bonds. The normalized spacial score (nSPS) is 10.4. The molecule has 61 heavy (non-hydrogen) atoms. The van der Waals surface area contributed by atoms with E-state index in [4.69, 9.17) is 42.3 Å². The maximum Gasteiger partial charge on any atom is 0.513 e. The minimum Gasteiger partial charge on any atom is -0.463 e. The lowest BCUT2D eigenvalue weighted by Gasteiger charge is -2.08. The number of rotatable bonds is 19. The van der Waals surface area contributed by atoms with E-state index in [0.29, 0.717) is 31.2 Å². The maximum absolute atomic E-state index is 13.0. The van der Waals surface area contributed by atoms with Crippen LogP contribution in [0.5, 0.6) is 23.0 Å². The van der Waals surface area contributed by atoms with Gasteiger partial charge in [0.2, 0.25) is 5.89 Å². The van der Waals surface area contributed by atoms with Crippen LogP contribution in [0.1, 0.15) is 46.4 Å². The molecule has 4 aromatic carbocycles. The van der Waals surface area contributed by atoms with Crippen molar-refractivity contribution in [2.24, 2.45) is 0 Å². The molecule has 0 fully saturated rings. The third-order valence-corrected chi connectivity index (χ3v) is 8.04. The molecule has 0 spiro atoms. The Labute approximate surface area is 347 Å². The van der Waals surface area contributed by atoms with E-state index < -0.39 is 41.8 Å². The van der Waals surface area contributed by atoms with Crippen molar-refractivity contribution >= 4 is 47.1 Å². The molecule has 1 heterocycles. The Balaban J connectivity index is 1.08. The zero-order chi connectivity index (χ0) is 43.6. The zero-order valence-electron chi connectivity index (χ0n) is 32.4. The van der Waals surface area contributed by atoms with Crippen LogP contribution in [-0.4, -0.2) is 67.6 Å². The number of esters is 4. The Kier molecular flexibility index (Phi) is 16.0. The highest BCUT2D eigenvalue weighted by molar-refractivity contribution is 5.92. The van der Waals surface area contributed by atoms with Crippen molar-refractivity contribution in [2.75, 3.05) is 26.4 Å². The predicted octanol–water partition coefficient (Wildman–Crippen LogP) is 7.34. The van der Waals surface area contributed by atoms with E-state index in [0.717, 1.165) is 12.2 Å². The summed E-state index contributed by atoms with van der Waals surface area (Å²) in [5.74, 6) is -2.03. The molecule has 5 rings (SSSR count). The van der Waals surface area contributed by atoms with Crippen LogP contribution >= 0.6 is 0 Å². The van der Waals surface area contributed by atoms with Gasteiger partial charge in [-0.2, -0.15) is 0 Å². The summed E-state index contributed by atoms with van der Waals surface area (Å²) in [6, 6.07) is 21.4. The van der Waals surface area contributed by atoms with E-state index in [1.165, 1.54) is 78.9 Å². The van der Waals surface area contributed by atoms with E-state index >= 15 is 0 Å². The van der Waals surface area contributed by atoms with Crippen molar-refractivity contribution in [3.05, 3.63) is 138 Å². The van der Waals surface area contributed by atoms with E-state index in [-0.39, 0.29) is 77.3 Å². The Morgan fingerprint density at radius 2 is 0.934 bits per heavy atom. The summed E-state index contributed by atoms with van der Waals surface area (Å²) < 4.78 is 46.2. The number of aromatic nitrogens is 1. The van der Waals surface area contributed by atoms with E-state index in [2.05, 4.69) is 18.1 Å². The minimum atomic E-state index is -0.948. The number of benzene rings is 4. The minimum absolute atomic E-state index is 0.0130. The SMILES string of the molecule is C=CC(=O)OCCCCOC(=O)Oc1ccc(C(=O)Oc2ccc(-c3nc4ccc(OC(=O)c5ccc(OC(=O)OCCCCOC(=O)C=C)cc5)cc4c(=O)o3)cc2)cc1. The number of unbranched alkanes of at least 4 members (excludes halogenated alkanes) is 2. The zero-order valence-corrected chi connectivity index (χ0v) is 32.4. The summed E-state index contributed by atoms with van der Waals surface area (Å²) in [5, 5.41) is 0.0497. The molecule has 0 aliphatic heterocycles. The van der Waals surface area contributed by atoms with Gasteiger partial charge in [0.05, 0.1) is 48.5 Å². The molecule has 17 nitrogen and oxygen atoms in total. The van der Waals surface area contributed by atoms with Crippen LogP contribution in [0.25, 0.3) is 22.4 Å². The highest BCUT2D eigenvalue weighted by Gasteiger charge is 2.16. The molecular formula is C44H37NO16. The Morgan fingerprint density at radius 1 is 0.525 bits per heavy atom. The van der Waals surface area contributed by atoms with Gasteiger partial charge >= 0.3 is 41.8 Å². The molecule has 5 aromatic rings. The highest BCUT2D eigenvalue weighted by atomic mass is 16.7. The number of carbonyl (C=O) groups is 6. The second-order valence-electron chi connectivity index (χ2n) is 12.4. The average Bonchev–Trinajstić information content (AvgIpc) is 3.26. The van der Waals surface area contributed by atoms with E-state index in [1.54, 1.807) is 12.1 Å². The summed E-state index contributed by atoms with van der Waals surface area (Å²) in [5.41, 5.74) is 0.216. The molecule has 0 aliphatic rings. The molecular weight excluding hydrogens is 798 g/mol. The van der Waals surface area contributed by atoms with Gasteiger partial charge in [-0.25, -0.2) is 38.5 Å². The molecule has 0 bridgehead atoms. The second kappa shape index (κ2) is 22.2. The standard InChI is InChI=1S/C44H37NO16/c1-3-37(46)53-23-5-7-25-55-43(51)59-32-17-11-29(12-18-32)40(48)57-31-15-9-28(10-16-31)39-45-36-22-21-34(27-35(36)42(50)61-39)58-41(49)30-13-19-33(20-14-30)60-44(52)56-26-8-6-24-54-38(47)4-2/h3-4,9-22,27H,1-2,5-8,23-26H2. The number of fused-ring (bicyclic) bond motifs is 1. The molecule has 0 saturated carbocycles. The summed E-state index contributed by atoms with van der Waals surface area (Å²) >= 11 is 0. The van der Waals surface area contributed by atoms with Crippen LogP contribution in [0, 0.1) is 0 Å². The quantitative estimate of drug-likeness (QED) is 0.0198. The van der Waals surface area contributed by atoms with E-state index in [1.807, 2.05) is 0 Å². The van der Waals surface area contributed by atoms with Crippen molar-refractivity contribution in [3.8, 4) is 34.5 Å². The third-order valence-electron chi connectivity index (χ3n) is 8.04. The smallest absolute Gasteiger partial charge is 0.463 e. The van der Waals surface area contributed by atoms with Crippen LogP contribution in [0.2, 0.25) is 0 Å². The Morgan fingerprint density at radius 3 is 1.41 bits per heavy atom. The van der Waals surface area contributed by atoms with Crippen molar-refractivity contribution < 1.29 is 71.1 Å². The first-order valence-electron chi connectivity index (χ1n) is 18.5. The first kappa shape index (κ1) is 44.0. The maximum atomic E-state index is 13.0. The van der Waals surface area contributed by atoms with Gasteiger partial charge < -0.3 is 42.3 Å². The average molecular weight is 836 g/mol. The first-order valence-corrected chi connectivity index (χ1v) is 18.5. The van der Waals surface area contributed by atoms with E-state index in [9.17, 15) is 33.6 Å². The number of carbonyl (C=O) groups excluding carboxylic acids is 6. The monoisotopic (exact) mass is 835 g/mol. The molecule has 17 heteroatoms. The van der Waals surface area contributed by atoms with Crippen molar-refractivity contribution in [1.82, 2.24) is 4.98 Å². The van der Waals surface area contributed by atoms with Crippen LogP contribution in [-0.2, 0) is 28.5 Å². The fraction of sp³-hybridized carbons (Fsp3) is 0.182. The first-order chi connectivity index (χ1) is 29.5. The fourth-order valence-corrected chi connectivity index (χ4v) is 4.99. The van der Waals surface area contributed by atoms with Crippen molar-refractivity contribution in [3.63, 3.8) is 0 Å². The van der Waals surface area contributed by atoms with Gasteiger partial charge in [-0.3, -0.25) is 0 Å². The fourth-order valence-electron chi connectivity index (χ4n) is 4.99. The summed E-state index contributed by atoms with van der Waals surface area (Å²) in [4.78, 5) is 88.9. The molecule has 0 unspecified atom stereocenters. The van der Waals surface area contributed by atoms with Gasteiger partial charge in [0.1, 0.15) is 23.0 Å². The van der Waals surface area contributed by atoms with Crippen LogP contribution in [0.4, 0.5) is 9.59 Å². The lowest BCUT2D eigenvalue weighted by atomic mass is 10.2. The molecule has 0 aliphatic carbocycles. The van der Waals surface area contributed by atoms with Crippen molar-refractivity contribution in [2.45, 2.75) is 25.7 Å². The van der Waals surface area contributed by atoms with Gasteiger partial charge in [0, 0.05) is 17.7 Å². The molecule has 314 valence electrons. The summed E-state index contributed by atoms with van der Waals surface area (Å²) in [6.45, 7) is 7.03. The molecule has 0 N–H and O–H groups in total. The van der Waals surface area contributed by atoms with Gasteiger partial charge in [-0.15, -0.1) is 0 Å². The largest absolute Gasteiger partial charge is 0.513 e. The van der Waals surface area contributed by atoms with Gasteiger partial charge in [-0.1, -0.05) is 13.2 Å². The second-order valence-corrected chi connectivity index (χ2v) is 12.4. The van der Waals surface area contributed by atoms with Gasteiger partial charge in [0.15, 0.2) is 0 Å². The summed E-state index contributed by atoms with van der Waals surface area (Å²) in [6.07, 6.45) is 2.08. The molecule has 1 aromatic heterocycles. The Hall–Kier alpha value is -8.08.